The van der Waals surface area contributed by atoms with Gasteiger partial charge in [0.25, 0.3) is 6.29 Å². The minimum Gasteiger partial charge on any atom is -0.461 e. The molecule has 5 atom stereocenters. The van der Waals surface area contributed by atoms with Crippen molar-refractivity contribution in [2.75, 3.05) is 0 Å². The van der Waals surface area contributed by atoms with Gasteiger partial charge in [0.2, 0.25) is 0 Å². The Morgan fingerprint density at radius 2 is 1.59 bits per heavy atom. The van der Waals surface area contributed by atoms with Gasteiger partial charge in [0.1, 0.15) is 6.10 Å². The van der Waals surface area contributed by atoms with Crippen LogP contribution in [-0.2, 0) is 28.6 Å². The standard InChI is InChI=1S/C28H42O6/c1-17(29)32-25(33-18(2)30)28-15-8-7-9-19(28)10-11-20-21-12-13-23(34-24(31)26(3,4)5)27(21,6)16-14-22(20)28/h19,22-23,25H,7-16H2,1-6H3/t19?,22-,23?,27+,28-/m1/s1. The summed E-state index contributed by atoms with van der Waals surface area (Å²) in [5.41, 5.74) is 1.88. The van der Waals surface area contributed by atoms with Crippen molar-refractivity contribution >= 4 is 17.9 Å². The van der Waals surface area contributed by atoms with E-state index in [0.717, 1.165) is 57.8 Å². The van der Waals surface area contributed by atoms with Crippen molar-refractivity contribution in [1.29, 1.82) is 0 Å². The van der Waals surface area contributed by atoms with Gasteiger partial charge in [-0.15, -0.1) is 0 Å². The van der Waals surface area contributed by atoms with E-state index in [1.165, 1.54) is 31.4 Å². The summed E-state index contributed by atoms with van der Waals surface area (Å²) < 4.78 is 17.7. The lowest BCUT2D eigenvalue weighted by molar-refractivity contribution is -0.239. The molecule has 0 aromatic heterocycles. The molecule has 3 saturated carbocycles. The summed E-state index contributed by atoms with van der Waals surface area (Å²) in [7, 11) is 0. The van der Waals surface area contributed by atoms with Gasteiger partial charge < -0.3 is 14.2 Å². The second-order valence-electron chi connectivity index (χ2n) is 12.3. The summed E-state index contributed by atoms with van der Waals surface area (Å²) in [5.74, 6) is -0.333. The third-order valence-electron chi connectivity index (χ3n) is 9.25. The van der Waals surface area contributed by atoms with Crippen LogP contribution in [0.4, 0.5) is 0 Å². The van der Waals surface area contributed by atoms with Gasteiger partial charge in [0.15, 0.2) is 0 Å². The van der Waals surface area contributed by atoms with Crippen LogP contribution >= 0.6 is 0 Å². The third-order valence-corrected chi connectivity index (χ3v) is 9.25. The lowest BCUT2D eigenvalue weighted by atomic mass is 9.48. The first-order valence-corrected chi connectivity index (χ1v) is 13.2. The van der Waals surface area contributed by atoms with E-state index in [4.69, 9.17) is 14.2 Å². The first-order valence-electron chi connectivity index (χ1n) is 13.2. The fourth-order valence-corrected chi connectivity index (χ4v) is 7.67. The number of rotatable bonds is 4. The molecule has 0 amide bonds. The summed E-state index contributed by atoms with van der Waals surface area (Å²) in [4.78, 5) is 36.9. The van der Waals surface area contributed by atoms with Gasteiger partial charge in [0, 0.05) is 19.3 Å². The van der Waals surface area contributed by atoms with Gasteiger partial charge in [-0.25, -0.2) is 0 Å². The van der Waals surface area contributed by atoms with Gasteiger partial charge >= 0.3 is 17.9 Å². The van der Waals surface area contributed by atoms with E-state index in [1.807, 2.05) is 20.8 Å². The van der Waals surface area contributed by atoms with Crippen molar-refractivity contribution in [2.24, 2.45) is 28.1 Å². The van der Waals surface area contributed by atoms with E-state index < -0.39 is 23.6 Å². The molecule has 4 aliphatic rings. The highest BCUT2D eigenvalue weighted by atomic mass is 16.7. The maximum atomic E-state index is 12.7. The quantitative estimate of drug-likeness (QED) is 0.288. The number of hydrogen-bond donors (Lipinski definition) is 0. The van der Waals surface area contributed by atoms with Crippen molar-refractivity contribution in [3.8, 4) is 0 Å². The maximum absolute atomic E-state index is 12.7. The Bertz CT molecular complexity index is 866. The van der Waals surface area contributed by atoms with Crippen LogP contribution in [0, 0.1) is 28.1 Å². The summed E-state index contributed by atoms with van der Waals surface area (Å²) >= 11 is 0. The highest BCUT2D eigenvalue weighted by Crippen LogP contribution is 2.65. The SMILES string of the molecule is CC(=O)OC(OC(C)=O)[C@]12CCCCC1CCC1=C3CCC(OC(=O)C(C)(C)C)[C@@]3(C)CC[C@H]12. The highest BCUT2D eigenvalue weighted by Gasteiger charge is 2.61. The molecule has 6 heteroatoms. The molecule has 0 N–H and O–H groups in total. The van der Waals surface area contributed by atoms with Crippen LogP contribution in [0.5, 0.6) is 0 Å². The molecule has 0 bridgehead atoms. The fraction of sp³-hybridized carbons (Fsp3) is 0.821. The van der Waals surface area contributed by atoms with Crippen LogP contribution in [0.15, 0.2) is 11.1 Å². The normalized spacial score (nSPS) is 35.2. The minimum absolute atomic E-state index is 0.0968. The summed E-state index contributed by atoms with van der Waals surface area (Å²) in [6, 6.07) is 0. The molecule has 4 rings (SSSR count). The molecule has 2 unspecified atom stereocenters. The lowest BCUT2D eigenvalue weighted by Gasteiger charge is -2.58. The van der Waals surface area contributed by atoms with Crippen LogP contribution in [0.1, 0.15) is 106 Å². The van der Waals surface area contributed by atoms with Gasteiger partial charge in [-0.05, 0) is 84.0 Å². The molecule has 0 aliphatic heterocycles. The molecule has 0 heterocycles. The highest BCUT2D eigenvalue weighted by molar-refractivity contribution is 5.75. The average Bonchev–Trinajstić information content (AvgIpc) is 3.07. The summed E-state index contributed by atoms with van der Waals surface area (Å²) in [5, 5.41) is 0. The van der Waals surface area contributed by atoms with Crippen LogP contribution in [0.3, 0.4) is 0 Å². The van der Waals surface area contributed by atoms with E-state index in [9.17, 15) is 14.4 Å². The number of allylic oxidation sites excluding steroid dienone is 1. The molecule has 4 aliphatic carbocycles. The largest absolute Gasteiger partial charge is 0.461 e. The van der Waals surface area contributed by atoms with Crippen LogP contribution in [0.25, 0.3) is 0 Å². The first-order chi connectivity index (χ1) is 15.9. The zero-order chi connectivity index (χ0) is 24.9. The Hall–Kier alpha value is -1.85. The second-order valence-corrected chi connectivity index (χ2v) is 12.3. The van der Waals surface area contributed by atoms with Gasteiger partial charge in [0.05, 0.1) is 10.8 Å². The Kier molecular flexibility index (Phi) is 6.67. The van der Waals surface area contributed by atoms with E-state index in [2.05, 4.69) is 6.92 Å². The van der Waals surface area contributed by atoms with Crippen molar-refractivity contribution in [2.45, 2.75) is 118 Å². The van der Waals surface area contributed by atoms with E-state index >= 15 is 0 Å². The van der Waals surface area contributed by atoms with Crippen LogP contribution in [-0.4, -0.2) is 30.3 Å². The summed E-state index contributed by atoms with van der Waals surface area (Å²) in [6.07, 6.45) is 9.01. The average molecular weight is 475 g/mol. The molecule has 0 radical (unpaired) electrons. The monoisotopic (exact) mass is 474 g/mol. The van der Waals surface area contributed by atoms with Crippen molar-refractivity contribution in [3.63, 3.8) is 0 Å². The van der Waals surface area contributed by atoms with Crippen LogP contribution in [0.2, 0.25) is 0 Å². The number of fused-ring (bicyclic) bond motifs is 4. The molecular weight excluding hydrogens is 432 g/mol. The Morgan fingerprint density at radius 3 is 2.21 bits per heavy atom. The smallest absolute Gasteiger partial charge is 0.311 e. The zero-order valence-corrected chi connectivity index (χ0v) is 21.8. The predicted octanol–water partition coefficient (Wildman–Crippen LogP) is 5.87. The van der Waals surface area contributed by atoms with Crippen molar-refractivity contribution < 1.29 is 28.6 Å². The molecule has 190 valence electrons. The van der Waals surface area contributed by atoms with Crippen molar-refractivity contribution in [1.82, 2.24) is 0 Å². The number of ether oxygens (including phenoxy) is 3. The molecule has 0 aromatic rings. The van der Waals surface area contributed by atoms with Crippen LogP contribution < -0.4 is 0 Å². The van der Waals surface area contributed by atoms with Crippen molar-refractivity contribution in [3.05, 3.63) is 11.1 Å². The molecule has 0 saturated heterocycles. The topological polar surface area (TPSA) is 78.9 Å². The first kappa shape index (κ1) is 25.2. The van der Waals surface area contributed by atoms with Gasteiger partial charge in [-0.3, -0.25) is 14.4 Å². The van der Waals surface area contributed by atoms with Gasteiger partial charge in [-0.1, -0.05) is 30.9 Å². The van der Waals surface area contributed by atoms with E-state index in [0.29, 0.717) is 5.92 Å². The number of hydrogen-bond acceptors (Lipinski definition) is 6. The zero-order valence-electron chi connectivity index (χ0n) is 21.8. The maximum Gasteiger partial charge on any atom is 0.311 e. The predicted molar refractivity (Wildman–Crippen MR) is 127 cm³/mol. The number of esters is 3. The van der Waals surface area contributed by atoms with E-state index in [-0.39, 0.29) is 28.8 Å². The summed E-state index contributed by atoms with van der Waals surface area (Å²) in [6.45, 7) is 10.8. The molecule has 6 nitrogen and oxygen atoms in total. The van der Waals surface area contributed by atoms with Gasteiger partial charge in [-0.2, -0.15) is 0 Å². The molecule has 0 spiro atoms. The lowest BCUT2D eigenvalue weighted by Crippen LogP contribution is -2.56. The number of carbonyl (C=O) groups excluding carboxylic acids is 3. The Labute approximate surface area is 204 Å². The van der Waals surface area contributed by atoms with E-state index in [1.54, 1.807) is 0 Å². The molecule has 0 aromatic carbocycles. The fourth-order valence-electron chi connectivity index (χ4n) is 7.67. The molecular formula is C28H42O6. The third kappa shape index (κ3) is 4.19. The second kappa shape index (κ2) is 8.98. The molecule has 34 heavy (non-hydrogen) atoms. The molecule has 3 fully saturated rings. The number of carbonyl (C=O) groups is 3. The Morgan fingerprint density at radius 1 is 0.912 bits per heavy atom. The minimum atomic E-state index is -0.839. The Balaban J connectivity index is 1.73.